The Hall–Kier alpha value is -5.78. The number of furan rings is 1. The van der Waals surface area contributed by atoms with E-state index in [-0.39, 0.29) is 28.5 Å². The highest BCUT2D eigenvalue weighted by Gasteiger charge is 2.47. The van der Waals surface area contributed by atoms with Gasteiger partial charge in [0.2, 0.25) is 0 Å². The molecular weight excluding hydrogens is 784 g/mol. The lowest BCUT2D eigenvalue weighted by molar-refractivity contribution is 0.332. The summed E-state index contributed by atoms with van der Waals surface area (Å²) in [4.78, 5) is 2.70. The molecule has 0 radical (unpaired) electrons. The van der Waals surface area contributed by atoms with Gasteiger partial charge in [0.1, 0.15) is 11.2 Å². The zero-order chi connectivity index (χ0) is 43.3. The number of hydrogen-bond donors (Lipinski definition) is 0. The van der Waals surface area contributed by atoms with Gasteiger partial charge >= 0.3 is 6.85 Å². The second-order valence-corrected chi connectivity index (χ2v) is 23.4. The van der Waals surface area contributed by atoms with Crippen LogP contribution < -0.4 is 15.7 Å². The second kappa shape index (κ2) is 12.1. The lowest BCUT2D eigenvalue weighted by Gasteiger charge is -2.43. The van der Waals surface area contributed by atoms with Crippen molar-refractivity contribution >= 4 is 104 Å². The van der Waals surface area contributed by atoms with Crippen molar-refractivity contribution in [2.45, 2.75) is 104 Å². The smallest absolute Gasteiger partial charge is 0.333 e. The predicted molar refractivity (Wildman–Crippen MR) is 273 cm³/mol. The Labute approximate surface area is 374 Å². The van der Waals surface area contributed by atoms with E-state index in [0.717, 1.165) is 21.9 Å². The first kappa shape index (κ1) is 37.8. The van der Waals surface area contributed by atoms with E-state index in [1.54, 1.807) is 0 Å². The van der Waals surface area contributed by atoms with Crippen molar-refractivity contribution in [1.82, 2.24) is 4.57 Å². The van der Waals surface area contributed by atoms with Crippen LogP contribution in [0.5, 0.6) is 0 Å². The van der Waals surface area contributed by atoms with Crippen LogP contribution in [0, 0.1) is 0 Å². The summed E-state index contributed by atoms with van der Waals surface area (Å²) in [6.07, 6.45) is 2.36. The molecular formula is C58H53BN2OS. The summed E-state index contributed by atoms with van der Waals surface area (Å²) in [6, 6.07) is 44.7. The zero-order valence-corrected chi connectivity index (χ0v) is 39.0. The average Bonchev–Trinajstić information content (AvgIpc) is 3.92. The number of fused-ring (bicyclic) bond motifs is 17. The molecule has 5 heterocycles. The van der Waals surface area contributed by atoms with E-state index < -0.39 is 0 Å². The molecule has 63 heavy (non-hydrogen) atoms. The maximum Gasteiger partial charge on any atom is 0.333 e. The fourth-order valence-electron chi connectivity index (χ4n) is 11.9. The van der Waals surface area contributed by atoms with Crippen molar-refractivity contribution in [3.05, 3.63) is 138 Å². The summed E-state index contributed by atoms with van der Waals surface area (Å²) in [7, 11) is 0. The number of nitrogens with zero attached hydrogens (tertiary/aromatic N) is 2. The Balaban J connectivity index is 1.29. The SMILES string of the molecule is CC(C)(C)c1ccc(N2B3c4cc(C(C)(C)C)ccc4-n4c5cc6c(cc5c5c7c(sc8ccccc87)c(c3c54)-c3cc4oc5ccccc5c4cc32)C(C)(C)CCC6(C)C)cc1. The predicted octanol–water partition coefficient (Wildman–Crippen LogP) is 15.2. The summed E-state index contributed by atoms with van der Waals surface area (Å²) in [6.45, 7) is 23.8. The molecule has 0 unspecified atom stereocenters. The fraction of sp³-hybridized carbons (Fsp3) is 0.276. The molecule has 10 aromatic rings. The van der Waals surface area contributed by atoms with Crippen LogP contribution in [0.25, 0.3) is 80.7 Å². The van der Waals surface area contributed by atoms with Crippen molar-refractivity contribution in [2.75, 3.05) is 4.81 Å². The van der Waals surface area contributed by atoms with Gasteiger partial charge in [0.05, 0.1) is 11.0 Å². The van der Waals surface area contributed by atoms with Gasteiger partial charge in [0.25, 0.3) is 0 Å². The molecule has 0 fully saturated rings. The molecule has 5 heteroatoms. The van der Waals surface area contributed by atoms with Gasteiger partial charge in [-0.1, -0.05) is 130 Å². The molecule has 13 rings (SSSR count). The number of rotatable bonds is 1. The average molecular weight is 837 g/mol. The van der Waals surface area contributed by atoms with Gasteiger partial charge in [-0.3, -0.25) is 0 Å². The summed E-state index contributed by atoms with van der Waals surface area (Å²) in [5, 5.41) is 7.80. The molecule has 3 aliphatic rings. The molecule has 3 nitrogen and oxygen atoms in total. The Morgan fingerprint density at radius 1 is 0.603 bits per heavy atom. The highest BCUT2D eigenvalue weighted by Crippen LogP contribution is 2.55. The van der Waals surface area contributed by atoms with E-state index in [9.17, 15) is 0 Å². The van der Waals surface area contributed by atoms with Crippen molar-refractivity contribution in [1.29, 1.82) is 0 Å². The lowest BCUT2D eigenvalue weighted by Crippen LogP contribution is -2.60. The van der Waals surface area contributed by atoms with Crippen LogP contribution in [-0.2, 0) is 21.7 Å². The third-order valence-electron chi connectivity index (χ3n) is 15.5. The maximum atomic E-state index is 6.78. The molecule has 0 atom stereocenters. The molecule has 7 aromatic carbocycles. The van der Waals surface area contributed by atoms with E-state index >= 15 is 0 Å². The summed E-state index contributed by atoms with van der Waals surface area (Å²) >= 11 is 1.97. The molecule has 0 saturated heterocycles. The largest absolute Gasteiger partial charge is 0.456 e. The van der Waals surface area contributed by atoms with Crippen LogP contribution in [-0.4, -0.2) is 11.4 Å². The minimum absolute atomic E-state index is 0.0357. The zero-order valence-electron chi connectivity index (χ0n) is 38.2. The standard InChI is InChI=1S/C58H53BN2OS/c1-55(2,3)32-19-22-34(23-20-32)61-45-29-37-35-15-11-13-17-46(35)62-47(37)30-39(45)51-52-53-49(50-36-16-12-14-18-48(36)63-54(50)51)38-28-40-41(58(9,10)26-25-57(40,7)8)31-44(38)60(53)43-24-21-33(56(4,5)6)27-42(43)59(52)61/h11-24,27-31H,25-26H2,1-10H3. The van der Waals surface area contributed by atoms with Gasteiger partial charge in [-0.05, 0) is 122 Å². The van der Waals surface area contributed by atoms with Crippen LogP contribution in [0.2, 0.25) is 0 Å². The first-order chi connectivity index (χ1) is 30.0. The van der Waals surface area contributed by atoms with Crippen LogP contribution in [0.1, 0.15) is 104 Å². The van der Waals surface area contributed by atoms with Gasteiger partial charge < -0.3 is 13.8 Å². The molecule has 0 amide bonds. The quantitative estimate of drug-likeness (QED) is 0.154. The van der Waals surface area contributed by atoms with E-state index in [2.05, 4.69) is 194 Å². The normalized spacial score (nSPS) is 16.5. The first-order valence-corrected chi connectivity index (χ1v) is 23.8. The van der Waals surface area contributed by atoms with Crippen molar-refractivity contribution in [3.8, 4) is 16.8 Å². The topological polar surface area (TPSA) is 21.3 Å². The Morgan fingerprint density at radius 3 is 2.00 bits per heavy atom. The van der Waals surface area contributed by atoms with Crippen LogP contribution >= 0.6 is 11.3 Å². The van der Waals surface area contributed by atoms with E-state index in [1.807, 2.05) is 11.3 Å². The van der Waals surface area contributed by atoms with E-state index in [1.165, 1.54) is 116 Å². The molecule has 0 bridgehead atoms. The second-order valence-electron chi connectivity index (χ2n) is 22.4. The van der Waals surface area contributed by atoms with Gasteiger partial charge in [-0.2, -0.15) is 0 Å². The minimum atomic E-state index is -0.0858. The van der Waals surface area contributed by atoms with Gasteiger partial charge in [-0.15, -0.1) is 11.3 Å². The summed E-state index contributed by atoms with van der Waals surface area (Å²) in [5.74, 6) is 0. The maximum absolute atomic E-state index is 6.78. The Kier molecular flexibility index (Phi) is 7.23. The Bertz CT molecular complexity index is 3650. The summed E-state index contributed by atoms with van der Waals surface area (Å²) < 4.78 is 12.2. The van der Waals surface area contributed by atoms with E-state index in [4.69, 9.17) is 4.42 Å². The Morgan fingerprint density at radius 2 is 1.27 bits per heavy atom. The molecule has 0 N–H and O–H groups in total. The molecule has 1 aliphatic carbocycles. The number of hydrogen-bond acceptors (Lipinski definition) is 3. The third-order valence-corrected chi connectivity index (χ3v) is 16.7. The third kappa shape index (κ3) is 4.98. The monoisotopic (exact) mass is 836 g/mol. The van der Waals surface area contributed by atoms with Gasteiger partial charge in [0.15, 0.2) is 0 Å². The molecule has 0 saturated carbocycles. The number of para-hydroxylation sites is 1. The molecule has 0 spiro atoms. The van der Waals surface area contributed by atoms with Crippen LogP contribution in [0.4, 0.5) is 11.4 Å². The summed E-state index contributed by atoms with van der Waals surface area (Å²) in [5.41, 5.74) is 19.4. The van der Waals surface area contributed by atoms with Crippen molar-refractivity contribution in [2.24, 2.45) is 0 Å². The molecule has 310 valence electrons. The van der Waals surface area contributed by atoms with Crippen molar-refractivity contribution in [3.63, 3.8) is 0 Å². The van der Waals surface area contributed by atoms with Gasteiger partial charge in [-0.25, -0.2) is 0 Å². The number of anilines is 2. The number of benzene rings is 7. The first-order valence-electron chi connectivity index (χ1n) is 23.0. The molecule has 2 aliphatic heterocycles. The van der Waals surface area contributed by atoms with Crippen LogP contribution in [0.15, 0.2) is 120 Å². The fourth-order valence-corrected chi connectivity index (χ4v) is 13.2. The molecule has 3 aromatic heterocycles. The minimum Gasteiger partial charge on any atom is -0.456 e. The van der Waals surface area contributed by atoms with Crippen molar-refractivity contribution < 1.29 is 4.42 Å². The number of thiophene rings is 1. The van der Waals surface area contributed by atoms with Gasteiger partial charge in [0, 0.05) is 69.9 Å². The highest BCUT2D eigenvalue weighted by molar-refractivity contribution is 7.27. The van der Waals surface area contributed by atoms with E-state index in [0.29, 0.717) is 0 Å². The van der Waals surface area contributed by atoms with Crippen LogP contribution in [0.3, 0.4) is 0 Å². The highest BCUT2D eigenvalue weighted by atomic mass is 32.1. The lowest BCUT2D eigenvalue weighted by atomic mass is 9.43. The number of aromatic nitrogens is 1.